The van der Waals surface area contributed by atoms with E-state index >= 15 is 0 Å². The van der Waals surface area contributed by atoms with Gasteiger partial charge in [0.2, 0.25) is 11.9 Å². The summed E-state index contributed by atoms with van der Waals surface area (Å²) in [7, 11) is 1.72. The Morgan fingerprint density at radius 2 is 1.80 bits per heavy atom. The van der Waals surface area contributed by atoms with E-state index in [-0.39, 0.29) is 18.0 Å². The van der Waals surface area contributed by atoms with Crippen LogP contribution < -0.4 is 15.8 Å². The van der Waals surface area contributed by atoms with Crippen LogP contribution in [-0.4, -0.2) is 29.5 Å². The van der Waals surface area contributed by atoms with Gasteiger partial charge in [-0.25, -0.2) is 4.98 Å². The average molecular weight is 336 g/mol. The molecule has 0 radical (unpaired) electrons. The number of nitrogens with zero attached hydrogens (tertiary/aromatic N) is 2. The molecule has 0 unspecified atom stereocenters. The molecule has 0 saturated carbocycles. The number of amides is 1. The van der Waals surface area contributed by atoms with Crippen molar-refractivity contribution < 1.29 is 4.79 Å². The smallest absolute Gasteiger partial charge is 0.260 e. The second-order valence-corrected chi connectivity index (χ2v) is 6.08. The van der Waals surface area contributed by atoms with E-state index in [0.29, 0.717) is 16.9 Å². The van der Waals surface area contributed by atoms with E-state index in [2.05, 4.69) is 15.3 Å². The third-order valence-corrected chi connectivity index (χ3v) is 4.09. The van der Waals surface area contributed by atoms with Gasteiger partial charge in [0, 0.05) is 12.7 Å². The van der Waals surface area contributed by atoms with Crippen LogP contribution in [0.1, 0.15) is 11.1 Å². The molecule has 3 rings (SSSR count). The van der Waals surface area contributed by atoms with Gasteiger partial charge in [0.25, 0.3) is 5.56 Å². The van der Waals surface area contributed by atoms with Crippen molar-refractivity contribution in [1.82, 2.24) is 9.97 Å². The Hall–Kier alpha value is -3.15. The van der Waals surface area contributed by atoms with Crippen molar-refractivity contribution in [1.29, 1.82) is 0 Å². The molecule has 0 fully saturated rings. The monoisotopic (exact) mass is 336 g/mol. The van der Waals surface area contributed by atoms with E-state index in [1.165, 1.54) is 0 Å². The maximum Gasteiger partial charge on any atom is 0.260 e. The van der Waals surface area contributed by atoms with E-state index in [1.54, 1.807) is 30.1 Å². The lowest BCUT2D eigenvalue weighted by molar-refractivity contribution is -0.114. The summed E-state index contributed by atoms with van der Waals surface area (Å²) in [5.41, 5.74) is 3.22. The van der Waals surface area contributed by atoms with Crippen LogP contribution in [0.3, 0.4) is 0 Å². The number of fused-ring (bicyclic) bond motifs is 1. The summed E-state index contributed by atoms with van der Waals surface area (Å²) >= 11 is 0. The maximum atomic E-state index is 12.4. The highest BCUT2D eigenvalue weighted by Gasteiger charge is 2.13. The topological polar surface area (TPSA) is 78.1 Å². The molecule has 25 heavy (non-hydrogen) atoms. The van der Waals surface area contributed by atoms with Crippen LogP contribution in [0.2, 0.25) is 0 Å². The zero-order chi connectivity index (χ0) is 18.0. The molecule has 0 spiro atoms. The molecule has 0 aliphatic rings. The highest BCUT2D eigenvalue weighted by Crippen LogP contribution is 2.19. The molecule has 1 aromatic heterocycles. The first-order chi connectivity index (χ1) is 12.0. The number of H-pyrrole nitrogens is 1. The number of para-hydroxylation sites is 2. The number of carbonyl (C=O) groups is 1. The second-order valence-electron chi connectivity index (χ2n) is 6.08. The molecule has 6 nitrogen and oxygen atoms in total. The van der Waals surface area contributed by atoms with Crippen molar-refractivity contribution in [2.45, 2.75) is 13.8 Å². The fourth-order valence-electron chi connectivity index (χ4n) is 2.74. The Morgan fingerprint density at radius 3 is 2.52 bits per heavy atom. The van der Waals surface area contributed by atoms with Crippen molar-refractivity contribution >= 4 is 28.4 Å². The molecular formula is C19H20N4O2. The molecule has 0 aliphatic carbocycles. The Bertz CT molecular complexity index is 974. The van der Waals surface area contributed by atoms with E-state index in [1.807, 2.05) is 38.1 Å². The lowest BCUT2D eigenvalue weighted by Crippen LogP contribution is -2.32. The van der Waals surface area contributed by atoms with E-state index in [4.69, 9.17) is 0 Å². The molecule has 0 saturated heterocycles. The third kappa shape index (κ3) is 3.52. The summed E-state index contributed by atoms with van der Waals surface area (Å²) in [6.45, 7) is 3.98. The Labute approximate surface area is 145 Å². The molecule has 128 valence electrons. The fraction of sp³-hybridized carbons (Fsp3) is 0.211. The molecule has 2 N–H and O–H groups in total. The average Bonchev–Trinajstić information content (AvgIpc) is 2.58. The highest BCUT2D eigenvalue weighted by molar-refractivity contribution is 5.95. The molecule has 0 atom stereocenters. The van der Waals surface area contributed by atoms with E-state index < -0.39 is 0 Å². The van der Waals surface area contributed by atoms with Crippen molar-refractivity contribution in [3.63, 3.8) is 0 Å². The van der Waals surface area contributed by atoms with Crippen molar-refractivity contribution in [3.05, 3.63) is 63.9 Å². The van der Waals surface area contributed by atoms with Crippen LogP contribution in [0.25, 0.3) is 10.9 Å². The largest absolute Gasteiger partial charge is 0.336 e. The van der Waals surface area contributed by atoms with E-state index in [9.17, 15) is 9.59 Å². The predicted molar refractivity (Wildman–Crippen MR) is 100 cm³/mol. The Kier molecular flexibility index (Phi) is 4.52. The minimum Gasteiger partial charge on any atom is -0.336 e. The lowest BCUT2D eigenvalue weighted by Gasteiger charge is -2.18. The number of anilines is 2. The molecule has 3 aromatic rings. The highest BCUT2D eigenvalue weighted by atomic mass is 16.2. The first-order valence-corrected chi connectivity index (χ1v) is 8.02. The number of hydrogen-bond donors (Lipinski definition) is 2. The number of hydrogen-bond acceptors (Lipinski definition) is 4. The van der Waals surface area contributed by atoms with Crippen LogP contribution >= 0.6 is 0 Å². The Morgan fingerprint density at radius 1 is 1.12 bits per heavy atom. The predicted octanol–water partition coefficient (Wildman–Crippen LogP) is 2.61. The van der Waals surface area contributed by atoms with Crippen molar-refractivity contribution in [2.75, 3.05) is 23.8 Å². The van der Waals surface area contributed by atoms with Crippen LogP contribution in [0.5, 0.6) is 0 Å². The first kappa shape index (κ1) is 16.7. The van der Waals surface area contributed by atoms with Gasteiger partial charge in [0.15, 0.2) is 0 Å². The molecule has 6 heteroatoms. The summed E-state index contributed by atoms with van der Waals surface area (Å²) in [6, 6.07) is 13.0. The minimum atomic E-state index is -0.220. The van der Waals surface area contributed by atoms with Gasteiger partial charge < -0.3 is 10.2 Å². The second kappa shape index (κ2) is 6.76. The summed E-state index contributed by atoms with van der Waals surface area (Å²) < 4.78 is 0. The molecule has 0 aliphatic heterocycles. The number of likely N-dealkylation sites (N-methyl/N-ethyl adjacent to an activating group) is 1. The van der Waals surface area contributed by atoms with Gasteiger partial charge >= 0.3 is 0 Å². The van der Waals surface area contributed by atoms with Gasteiger partial charge in [-0.2, -0.15) is 0 Å². The third-order valence-electron chi connectivity index (χ3n) is 4.09. The van der Waals surface area contributed by atoms with Gasteiger partial charge in [-0.3, -0.25) is 14.6 Å². The molecule has 1 heterocycles. The summed E-state index contributed by atoms with van der Waals surface area (Å²) in [6.07, 6.45) is 0. The molecular weight excluding hydrogens is 316 g/mol. The van der Waals surface area contributed by atoms with Crippen molar-refractivity contribution in [2.24, 2.45) is 0 Å². The zero-order valence-corrected chi connectivity index (χ0v) is 14.5. The normalized spacial score (nSPS) is 10.7. The van der Waals surface area contributed by atoms with Gasteiger partial charge in [0.05, 0.1) is 17.4 Å². The van der Waals surface area contributed by atoms with Crippen LogP contribution in [0, 0.1) is 13.8 Å². The number of aryl methyl sites for hydroxylation is 2. The quantitative estimate of drug-likeness (QED) is 0.768. The number of carbonyl (C=O) groups excluding carboxylic acids is 1. The maximum absolute atomic E-state index is 12.4. The van der Waals surface area contributed by atoms with Crippen LogP contribution in [-0.2, 0) is 4.79 Å². The van der Waals surface area contributed by atoms with Gasteiger partial charge in [0.1, 0.15) is 0 Å². The number of aromatic nitrogens is 2. The van der Waals surface area contributed by atoms with Gasteiger partial charge in [-0.1, -0.05) is 30.3 Å². The van der Waals surface area contributed by atoms with Crippen LogP contribution in [0.15, 0.2) is 47.3 Å². The summed E-state index contributed by atoms with van der Waals surface area (Å²) in [4.78, 5) is 33.3. The Balaban J connectivity index is 1.79. The minimum absolute atomic E-state index is 0.0784. The van der Waals surface area contributed by atoms with Crippen molar-refractivity contribution in [3.8, 4) is 0 Å². The molecule has 2 aromatic carbocycles. The number of rotatable bonds is 4. The lowest BCUT2D eigenvalue weighted by atomic mass is 10.1. The fourth-order valence-corrected chi connectivity index (χ4v) is 2.74. The number of benzene rings is 2. The van der Waals surface area contributed by atoms with E-state index in [0.717, 1.165) is 16.8 Å². The van der Waals surface area contributed by atoms with Gasteiger partial charge in [-0.05, 0) is 37.1 Å². The standard InChI is InChI=1S/C19H20N4O2/c1-12-7-6-8-13(2)17(12)21-16(24)11-23(3)19-20-15-10-5-4-9-14(15)18(25)22-19/h4-10H,11H2,1-3H3,(H,21,24)(H,20,22,25). The SMILES string of the molecule is Cc1cccc(C)c1NC(=O)CN(C)c1nc2ccccc2c(=O)[nH]1. The molecule has 1 amide bonds. The first-order valence-electron chi connectivity index (χ1n) is 8.02. The summed E-state index contributed by atoms with van der Waals surface area (Å²) in [5, 5.41) is 3.46. The number of nitrogens with one attached hydrogen (secondary N) is 2. The van der Waals surface area contributed by atoms with Gasteiger partial charge in [-0.15, -0.1) is 0 Å². The summed E-state index contributed by atoms with van der Waals surface area (Å²) in [5.74, 6) is 0.191. The number of aromatic amines is 1. The molecule has 0 bridgehead atoms. The van der Waals surface area contributed by atoms with Crippen LogP contribution in [0.4, 0.5) is 11.6 Å². The zero-order valence-electron chi connectivity index (χ0n) is 14.5.